The summed E-state index contributed by atoms with van der Waals surface area (Å²) in [6.45, 7) is 0. The summed E-state index contributed by atoms with van der Waals surface area (Å²) in [5.74, 6) is -0.579. The molecule has 1 amide bonds. The van der Waals surface area contributed by atoms with E-state index in [-0.39, 0.29) is 11.3 Å². The standard InChI is InChI=1S/C18H16N4O3/c1-21(2)17-9-8-16(22(24)25)11-13(17)10-14(12-19)18(23)20-15-6-4-3-5-7-15/h3-11H,1-2H3,(H,20,23)/b14-10+. The molecule has 0 aliphatic carbocycles. The molecule has 7 heteroatoms. The summed E-state index contributed by atoms with van der Waals surface area (Å²) in [6.07, 6.45) is 1.35. The van der Waals surface area contributed by atoms with Crippen LogP contribution in [0.4, 0.5) is 17.1 Å². The number of rotatable bonds is 5. The molecule has 126 valence electrons. The fraction of sp³-hybridized carbons (Fsp3) is 0.111. The van der Waals surface area contributed by atoms with Gasteiger partial charge in [0.15, 0.2) is 0 Å². The molecule has 2 aromatic rings. The van der Waals surface area contributed by atoms with Gasteiger partial charge >= 0.3 is 0 Å². The number of amides is 1. The maximum atomic E-state index is 12.3. The van der Waals surface area contributed by atoms with Crippen LogP contribution in [0.25, 0.3) is 6.08 Å². The largest absolute Gasteiger partial charge is 0.377 e. The molecule has 0 unspecified atom stereocenters. The van der Waals surface area contributed by atoms with Crippen LogP contribution >= 0.6 is 0 Å². The molecule has 25 heavy (non-hydrogen) atoms. The summed E-state index contributed by atoms with van der Waals surface area (Å²) in [5.41, 5.74) is 1.37. The summed E-state index contributed by atoms with van der Waals surface area (Å²) < 4.78 is 0. The molecule has 0 saturated heterocycles. The van der Waals surface area contributed by atoms with Crippen LogP contribution in [0.15, 0.2) is 54.1 Å². The van der Waals surface area contributed by atoms with Crippen molar-refractivity contribution in [3.05, 3.63) is 69.8 Å². The molecule has 0 heterocycles. The topological polar surface area (TPSA) is 99.3 Å². The van der Waals surface area contributed by atoms with Gasteiger partial charge in [0.25, 0.3) is 11.6 Å². The Morgan fingerprint density at radius 2 is 1.92 bits per heavy atom. The van der Waals surface area contributed by atoms with Crippen LogP contribution in [-0.4, -0.2) is 24.9 Å². The average Bonchev–Trinajstić information content (AvgIpc) is 2.59. The second-order valence-corrected chi connectivity index (χ2v) is 5.38. The SMILES string of the molecule is CN(C)c1ccc([N+](=O)[O-])cc1/C=C(\C#N)C(=O)Nc1ccccc1. The van der Waals surface area contributed by atoms with Gasteiger partial charge in [-0.25, -0.2) is 0 Å². The van der Waals surface area contributed by atoms with Crippen molar-refractivity contribution in [1.29, 1.82) is 5.26 Å². The number of hydrogen-bond acceptors (Lipinski definition) is 5. The van der Waals surface area contributed by atoms with E-state index in [0.717, 1.165) is 0 Å². The number of para-hydroxylation sites is 1. The van der Waals surface area contributed by atoms with E-state index in [1.54, 1.807) is 49.3 Å². The number of nitro groups is 1. The van der Waals surface area contributed by atoms with Gasteiger partial charge in [-0.05, 0) is 24.3 Å². The summed E-state index contributed by atoms with van der Waals surface area (Å²) in [7, 11) is 3.54. The van der Waals surface area contributed by atoms with Crippen molar-refractivity contribution in [2.75, 3.05) is 24.3 Å². The van der Waals surface area contributed by atoms with Crippen molar-refractivity contribution in [2.45, 2.75) is 0 Å². The smallest absolute Gasteiger partial charge is 0.270 e. The molecule has 2 rings (SSSR count). The van der Waals surface area contributed by atoms with E-state index in [2.05, 4.69) is 5.32 Å². The van der Waals surface area contributed by atoms with Crippen LogP contribution < -0.4 is 10.2 Å². The number of non-ortho nitro benzene ring substituents is 1. The number of carbonyl (C=O) groups is 1. The first kappa shape index (κ1) is 17.7. The molecular formula is C18H16N4O3. The molecular weight excluding hydrogens is 320 g/mol. The predicted molar refractivity (Wildman–Crippen MR) is 96.1 cm³/mol. The molecule has 0 aliphatic heterocycles. The summed E-state index contributed by atoms with van der Waals surface area (Å²) >= 11 is 0. The quantitative estimate of drug-likeness (QED) is 0.391. The number of carbonyl (C=O) groups excluding carboxylic acids is 1. The second-order valence-electron chi connectivity index (χ2n) is 5.38. The van der Waals surface area contributed by atoms with E-state index in [1.165, 1.54) is 18.2 Å². The fourth-order valence-corrected chi connectivity index (χ4v) is 2.20. The molecule has 0 saturated carbocycles. The first-order valence-electron chi connectivity index (χ1n) is 7.36. The molecule has 0 spiro atoms. The van der Waals surface area contributed by atoms with E-state index in [1.807, 2.05) is 12.1 Å². The fourth-order valence-electron chi connectivity index (χ4n) is 2.20. The number of nitrogens with zero attached hydrogens (tertiary/aromatic N) is 3. The van der Waals surface area contributed by atoms with Crippen molar-refractivity contribution < 1.29 is 9.72 Å². The van der Waals surface area contributed by atoms with Crippen molar-refractivity contribution in [1.82, 2.24) is 0 Å². The van der Waals surface area contributed by atoms with Gasteiger partial charge in [0.1, 0.15) is 11.6 Å². The lowest BCUT2D eigenvalue weighted by Gasteiger charge is -2.15. The molecule has 0 aliphatic rings. The number of nitriles is 1. The molecule has 0 bridgehead atoms. The number of nitro benzene ring substituents is 1. The molecule has 0 atom stereocenters. The molecule has 1 N–H and O–H groups in total. The first-order chi connectivity index (χ1) is 11.9. The van der Waals surface area contributed by atoms with Crippen LogP contribution in [0.3, 0.4) is 0 Å². The van der Waals surface area contributed by atoms with Crippen LogP contribution in [-0.2, 0) is 4.79 Å². The Kier molecular flexibility index (Phi) is 5.48. The third-order valence-corrected chi connectivity index (χ3v) is 3.40. The van der Waals surface area contributed by atoms with Crippen molar-refractivity contribution in [3.63, 3.8) is 0 Å². The van der Waals surface area contributed by atoms with Crippen molar-refractivity contribution in [2.24, 2.45) is 0 Å². The predicted octanol–water partition coefficient (Wildman–Crippen LogP) is 3.21. The van der Waals surface area contributed by atoms with E-state index in [9.17, 15) is 20.2 Å². The van der Waals surface area contributed by atoms with Crippen LogP contribution in [0.5, 0.6) is 0 Å². The van der Waals surface area contributed by atoms with E-state index >= 15 is 0 Å². The number of hydrogen-bond donors (Lipinski definition) is 1. The zero-order valence-corrected chi connectivity index (χ0v) is 13.8. The van der Waals surface area contributed by atoms with Gasteiger partial charge < -0.3 is 10.2 Å². The zero-order valence-electron chi connectivity index (χ0n) is 13.8. The molecule has 0 radical (unpaired) electrons. The Bertz CT molecular complexity index is 868. The van der Waals surface area contributed by atoms with Crippen LogP contribution in [0.2, 0.25) is 0 Å². The Balaban J connectivity index is 2.41. The average molecular weight is 336 g/mol. The van der Waals surface area contributed by atoms with E-state index in [4.69, 9.17) is 0 Å². The zero-order chi connectivity index (χ0) is 18.4. The highest BCUT2D eigenvalue weighted by molar-refractivity contribution is 6.10. The lowest BCUT2D eigenvalue weighted by atomic mass is 10.1. The Morgan fingerprint density at radius 1 is 1.24 bits per heavy atom. The normalized spacial score (nSPS) is 10.7. The third-order valence-electron chi connectivity index (χ3n) is 3.40. The summed E-state index contributed by atoms with van der Waals surface area (Å²) in [6, 6.07) is 14.9. The molecule has 0 fully saturated rings. The molecule has 2 aromatic carbocycles. The van der Waals surface area contributed by atoms with Crippen molar-refractivity contribution in [3.8, 4) is 6.07 Å². The van der Waals surface area contributed by atoms with E-state index in [0.29, 0.717) is 16.9 Å². The van der Waals surface area contributed by atoms with Gasteiger partial charge in [0.05, 0.1) is 4.92 Å². The van der Waals surface area contributed by atoms with Crippen molar-refractivity contribution >= 4 is 29.0 Å². The van der Waals surface area contributed by atoms with Gasteiger partial charge in [-0.2, -0.15) is 5.26 Å². The molecule has 0 aromatic heterocycles. The van der Waals surface area contributed by atoms with Crippen LogP contribution in [0.1, 0.15) is 5.56 Å². The first-order valence-corrected chi connectivity index (χ1v) is 7.36. The Hall–Kier alpha value is -3.66. The van der Waals surface area contributed by atoms with Gasteiger partial charge in [0.2, 0.25) is 0 Å². The molecule has 7 nitrogen and oxygen atoms in total. The highest BCUT2D eigenvalue weighted by atomic mass is 16.6. The minimum absolute atomic E-state index is 0.113. The van der Waals surface area contributed by atoms with Gasteiger partial charge in [-0.3, -0.25) is 14.9 Å². The lowest BCUT2D eigenvalue weighted by Crippen LogP contribution is -2.14. The minimum atomic E-state index is -0.579. The van der Waals surface area contributed by atoms with Gasteiger partial charge in [0, 0.05) is 43.2 Å². The lowest BCUT2D eigenvalue weighted by molar-refractivity contribution is -0.384. The Labute approximate surface area is 145 Å². The van der Waals surface area contributed by atoms with Crippen LogP contribution in [0, 0.1) is 21.4 Å². The van der Waals surface area contributed by atoms with E-state index < -0.39 is 10.8 Å². The maximum absolute atomic E-state index is 12.3. The van der Waals surface area contributed by atoms with Gasteiger partial charge in [-0.1, -0.05) is 18.2 Å². The number of nitrogens with one attached hydrogen (secondary N) is 1. The number of anilines is 2. The second kappa shape index (κ2) is 7.75. The van der Waals surface area contributed by atoms with Gasteiger partial charge in [-0.15, -0.1) is 0 Å². The maximum Gasteiger partial charge on any atom is 0.270 e. The minimum Gasteiger partial charge on any atom is -0.377 e. The Morgan fingerprint density at radius 3 is 2.48 bits per heavy atom. The highest BCUT2D eigenvalue weighted by Gasteiger charge is 2.14. The number of benzene rings is 2. The summed E-state index contributed by atoms with van der Waals surface area (Å²) in [5, 5.41) is 22.9. The third kappa shape index (κ3) is 4.42. The monoisotopic (exact) mass is 336 g/mol. The highest BCUT2D eigenvalue weighted by Crippen LogP contribution is 2.26. The summed E-state index contributed by atoms with van der Waals surface area (Å²) in [4.78, 5) is 24.5.